The van der Waals surface area contributed by atoms with Crippen LogP contribution in [0.25, 0.3) is 0 Å². The van der Waals surface area contributed by atoms with Crippen molar-refractivity contribution in [1.29, 1.82) is 0 Å². The number of carbonyl (C=O) groups excluding carboxylic acids is 2. The SMILES string of the molecule is CC(=O)Nc1ccc(B(O)O)c(NC(C)=O)c1. The monoisotopic (exact) mass is 236 g/mol. The number of nitrogens with one attached hydrogen (secondary N) is 2. The second-order valence-electron chi connectivity index (χ2n) is 3.54. The van der Waals surface area contributed by atoms with Gasteiger partial charge in [-0.15, -0.1) is 0 Å². The number of amides is 2. The Balaban J connectivity index is 3.09. The summed E-state index contributed by atoms with van der Waals surface area (Å²) in [6, 6.07) is 4.39. The molecule has 0 saturated heterocycles. The Bertz CT molecular complexity index is 448. The lowest BCUT2D eigenvalue weighted by Crippen LogP contribution is -2.33. The molecule has 0 fully saturated rings. The van der Waals surface area contributed by atoms with Gasteiger partial charge in [0.15, 0.2) is 0 Å². The van der Waals surface area contributed by atoms with Gasteiger partial charge in [0.1, 0.15) is 0 Å². The second-order valence-corrected chi connectivity index (χ2v) is 3.54. The van der Waals surface area contributed by atoms with Crippen LogP contribution in [0, 0.1) is 0 Å². The summed E-state index contributed by atoms with van der Waals surface area (Å²) < 4.78 is 0. The van der Waals surface area contributed by atoms with Crippen molar-refractivity contribution in [3.63, 3.8) is 0 Å². The molecule has 0 radical (unpaired) electrons. The molecule has 1 aromatic rings. The number of benzene rings is 1. The minimum absolute atomic E-state index is 0.161. The van der Waals surface area contributed by atoms with Crippen molar-refractivity contribution >= 4 is 35.8 Å². The Morgan fingerprint density at radius 3 is 2.18 bits per heavy atom. The van der Waals surface area contributed by atoms with E-state index in [0.717, 1.165) is 0 Å². The molecule has 0 bridgehead atoms. The van der Waals surface area contributed by atoms with Crippen LogP contribution in [0.1, 0.15) is 13.8 Å². The molecule has 0 aliphatic carbocycles. The molecule has 0 spiro atoms. The van der Waals surface area contributed by atoms with Crippen molar-refractivity contribution < 1.29 is 19.6 Å². The van der Waals surface area contributed by atoms with E-state index < -0.39 is 7.12 Å². The quantitative estimate of drug-likeness (QED) is 0.520. The Morgan fingerprint density at radius 1 is 1.12 bits per heavy atom. The first-order valence-electron chi connectivity index (χ1n) is 4.95. The van der Waals surface area contributed by atoms with Crippen LogP contribution in [0.4, 0.5) is 11.4 Å². The summed E-state index contributed by atoms with van der Waals surface area (Å²) in [6.45, 7) is 2.66. The number of rotatable bonds is 3. The van der Waals surface area contributed by atoms with Crippen LogP contribution < -0.4 is 16.1 Å². The van der Waals surface area contributed by atoms with E-state index in [1.54, 1.807) is 0 Å². The molecule has 0 aromatic heterocycles. The first-order valence-corrected chi connectivity index (χ1v) is 4.95. The number of carbonyl (C=O) groups is 2. The average Bonchev–Trinajstić information content (AvgIpc) is 2.15. The fourth-order valence-electron chi connectivity index (χ4n) is 1.36. The molecular weight excluding hydrogens is 223 g/mol. The zero-order chi connectivity index (χ0) is 13.0. The zero-order valence-corrected chi connectivity index (χ0v) is 9.52. The molecule has 0 unspecified atom stereocenters. The van der Waals surface area contributed by atoms with Gasteiger partial charge in [-0.25, -0.2) is 0 Å². The predicted molar refractivity (Wildman–Crippen MR) is 64.9 cm³/mol. The van der Waals surface area contributed by atoms with E-state index in [4.69, 9.17) is 10.0 Å². The maximum absolute atomic E-state index is 11.0. The summed E-state index contributed by atoms with van der Waals surface area (Å²) in [6.07, 6.45) is 0. The van der Waals surface area contributed by atoms with Crippen molar-refractivity contribution in [3.8, 4) is 0 Å². The van der Waals surface area contributed by atoms with Crippen molar-refractivity contribution in [2.45, 2.75) is 13.8 Å². The second kappa shape index (κ2) is 5.47. The topological polar surface area (TPSA) is 98.7 Å². The third kappa shape index (κ3) is 3.89. The number of hydrogen-bond donors (Lipinski definition) is 4. The largest absolute Gasteiger partial charge is 0.490 e. The minimum atomic E-state index is -1.69. The molecule has 0 atom stereocenters. The zero-order valence-electron chi connectivity index (χ0n) is 9.52. The molecule has 90 valence electrons. The van der Waals surface area contributed by atoms with Gasteiger partial charge in [-0.3, -0.25) is 9.59 Å². The number of anilines is 2. The highest BCUT2D eigenvalue weighted by atomic mass is 16.4. The van der Waals surface area contributed by atoms with Gasteiger partial charge in [-0.1, -0.05) is 6.07 Å². The van der Waals surface area contributed by atoms with Gasteiger partial charge in [0.2, 0.25) is 11.8 Å². The molecule has 6 nitrogen and oxygen atoms in total. The summed E-state index contributed by atoms with van der Waals surface area (Å²) in [5.74, 6) is -0.594. The molecule has 2 amide bonds. The van der Waals surface area contributed by atoms with Crippen LogP contribution in [0.15, 0.2) is 18.2 Å². The third-order valence-electron chi connectivity index (χ3n) is 1.96. The molecule has 17 heavy (non-hydrogen) atoms. The van der Waals surface area contributed by atoms with Crippen molar-refractivity contribution in [2.24, 2.45) is 0 Å². The molecule has 0 aliphatic rings. The summed E-state index contributed by atoms with van der Waals surface area (Å²) in [5, 5.41) is 23.2. The minimum Gasteiger partial charge on any atom is -0.423 e. The Morgan fingerprint density at radius 2 is 1.71 bits per heavy atom. The standard InChI is InChI=1S/C10H13BN2O4/c1-6(14)12-8-3-4-9(11(16)17)10(5-8)13-7(2)15/h3-5,16-17H,1-2H3,(H,12,14)(H,13,15). The lowest BCUT2D eigenvalue weighted by molar-refractivity contribution is -0.115. The molecule has 0 heterocycles. The molecule has 0 aliphatic heterocycles. The van der Waals surface area contributed by atoms with Crippen molar-refractivity contribution in [3.05, 3.63) is 18.2 Å². The smallest absolute Gasteiger partial charge is 0.423 e. The van der Waals surface area contributed by atoms with E-state index in [2.05, 4.69) is 10.6 Å². The van der Waals surface area contributed by atoms with Crippen LogP contribution in [-0.2, 0) is 9.59 Å². The molecule has 7 heteroatoms. The predicted octanol–water partition coefficient (Wildman–Crippen LogP) is -0.717. The van der Waals surface area contributed by atoms with E-state index in [1.165, 1.54) is 32.0 Å². The van der Waals surface area contributed by atoms with Gasteiger partial charge in [0.25, 0.3) is 0 Å². The van der Waals surface area contributed by atoms with Crippen LogP contribution >= 0.6 is 0 Å². The molecule has 0 saturated carbocycles. The highest BCUT2D eigenvalue weighted by molar-refractivity contribution is 6.60. The highest BCUT2D eigenvalue weighted by Crippen LogP contribution is 2.13. The highest BCUT2D eigenvalue weighted by Gasteiger charge is 2.17. The van der Waals surface area contributed by atoms with E-state index in [1.807, 2.05) is 0 Å². The third-order valence-corrected chi connectivity index (χ3v) is 1.96. The van der Waals surface area contributed by atoms with Gasteiger partial charge >= 0.3 is 7.12 Å². The van der Waals surface area contributed by atoms with Crippen LogP contribution in [0.5, 0.6) is 0 Å². The molecule has 1 aromatic carbocycles. The lowest BCUT2D eigenvalue weighted by Gasteiger charge is -2.11. The van der Waals surface area contributed by atoms with Crippen LogP contribution in [-0.4, -0.2) is 29.0 Å². The fourth-order valence-corrected chi connectivity index (χ4v) is 1.36. The molecular formula is C10H13BN2O4. The van der Waals surface area contributed by atoms with Crippen LogP contribution in [0.2, 0.25) is 0 Å². The summed E-state index contributed by atoms with van der Waals surface area (Å²) in [5.41, 5.74) is 0.874. The van der Waals surface area contributed by atoms with Crippen molar-refractivity contribution in [1.82, 2.24) is 0 Å². The van der Waals surface area contributed by atoms with Crippen molar-refractivity contribution in [2.75, 3.05) is 10.6 Å². The first kappa shape index (κ1) is 13.2. The molecule has 1 rings (SSSR count). The summed E-state index contributed by atoms with van der Waals surface area (Å²) in [4.78, 5) is 21.8. The normalized spacial score (nSPS) is 9.65. The van der Waals surface area contributed by atoms with Gasteiger partial charge in [-0.2, -0.15) is 0 Å². The van der Waals surface area contributed by atoms with Gasteiger partial charge in [0.05, 0.1) is 0 Å². The fraction of sp³-hybridized carbons (Fsp3) is 0.200. The Labute approximate surface area is 98.8 Å². The number of hydrogen-bond acceptors (Lipinski definition) is 4. The van der Waals surface area contributed by atoms with Crippen LogP contribution in [0.3, 0.4) is 0 Å². The Kier molecular flexibility index (Phi) is 4.25. The summed E-state index contributed by atoms with van der Waals surface area (Å²) >= 11 is 0. The van der Waals surface area contributed by atoms with Gasteiger partial charge in [0, 0.05) is 30.7 Å². The maximum atomic E-state index is 11.0. The summed E-state index contributed by atoms with van der Waals surface area (Å²) in [7, 11) is -1.69. The Hall–Kier alpha value is -1.86. The molecule has 4 N–H and O–H groups in total. The first-order chi connectivity index (χ1) is 7.90. The van der Waals surface area contributed by atoms with E-state index >= 15 is 0 Å². The average molecular weight is 236 g/mol. The maximum Gasteiger partial charge on any atom is 0.490 e. The van der Waals surface area contributed by atoms with E-state index in [-0.39, 0.29) is 23.0 Å². The van der Waals surface area contributed by atoms with Gasteiger partial charge < -0.3 is 20.7 Å². The van der Waals surface area contributed by atoms with Gasteiger partial charge in [-0.05, 0) is 12.1 Å². The van der Waals surface area contributed by atoms with E-state index in [9.17, 15) is 9.59 Å². The lowest BCUT2D eigenvalue weighted by atomic mass is 9.79. The van der Waals surface area contributed by atoms with E-state index in [0.29, 0.717) is 5.69 Å².